The Balaban J connectivity index is 1.14. The van der Waals surface area contributed by atoms with Gasteiger partial charge in [0.1, 0.15) is 87.5 Å². The number of benzene rings is 4. The van der Waals surface area contributed by atoms with Gasteiger partial charge in [-0.3, -0.25) is 0 Å². The van der Waals surface area contributed by atoms with Gasteiger partial charge in [-0.15, -0.1) is 0 Å². The maximum atomic E-state index is 13.6. The Morgan fingerprint density at radius 1 is 0.452 bits per heavy atom. The van der Waals surface area contributed by atoms with Crippen LogP contribution in [0.2, 0.25) is 0 Å². The van der Waals surface area contributed by atoms with Gasteiger partial charge in [-0.05, 0) is 28.7 Å². The van der Waals surface area contributed by atoms with Crippen LogP contribution < -0.4 is 21.3 Å². The third-order valence-corrected chi connectivity index (χ3v) is 12.3. The van der Waals surface area contributed by atoms with Crippen molar-refractivity contribution in [2.24, 2.45) is 0 Å². The van der Waals surface area contributed by atoms with Crippen molar-refractivity contribution in [3.05, 3.63) is 144 Å². The molecular weight excluding hydrogens is 961 g/mol. The Hall–Kier alpha value is -6.48. The van der Waals surface area contributed by atoms with E-state index in [1.165, 1.54) is 0 Å². The topological polar surface area (TPSA) is 332 Å². The number of ether oxygens (including phenoxy) is 8. The molecular formula is C50H60N4O19. The Morgan fingerprint density at radius 2 is 0.836 bits per heavy atom. The Labute approximate surface area is 418 Å². The van der Waals surface area contributed by atoms with E-state index < -0.39 is 136 Å². The summed E-state index contributed by atoms with van der Waals surface area (Å²) in [5, 5.41) is 88.8. The van der Waals surface area contributed by atoms with Gasteiger partial charge < -0.3 is 94.9 Å². The predicted octanol–water partition coefficient (Wildman–Crippen LogP) is 0.579. The molecule has 3 fully saturated rings. The fourth-order valence-electron chi connectivity index (χ4n) is 8.41. The van der Waals surface area contributed by atoms with Crippen molar-refractivity contribution < 1.29 is 92.8 Å². The van der Waals surface area contributed by atoms with Crippen molar-refractivity contribution in [1.82, 2.24) is 21.3 Å². The number of carbonyl (C=O) groups excluding carboxylic acids is 4. The van der Waals surface area contributed by atoms with Gasteiger partial charge in [0.2, 0.25) is 0 Å². The van der Waals surface area contributed by atoms with Gasteiger partial charge in [-0.25, -0.2) is 19.2 Å². The van der Waals surface area contributed by atoms with Crippen LogP contribution in [-0.2, 0) is 64.3 Å². The number of hydrogen-bond donors (Lipinski definition) is 11. The van der Waals surface area contributed by atoms with Crippen LogP contribution in [0.15, 0.2) is 121 Å². The highest BCUT2D eigenvalue weighted by Gasteiger charge is 2.54. The first kappa shape index (κ1) is 54.3. The fraction of sp³-hybridized carbons (Fsp3) is 0.440. The van der Waals surface area contributed by atoms with Crippen LogP contribution in [0.4, 0.5) is 19.2 Å². The van der Waals surface area contributed by atoms with Crippen LogP contribution in [0.25, 0.3) is 0 Å². The molecule has 2 heterocycles. The van der Waals surface area contributed by atoms with Crippen molar-refractivity contribution >= 4 is 24.4 Å². The average molecular weight is 1020 g/mol. The molecule has 11 N–H and O–H groups in total. The molecule has 73 heavy (non-hydrogen) atoms. The van der Waals surface area contributed by atoms with Crippen molar-refractivity contribution in [2.45, 2.75) is 125 Å². The molecule has 2 saturated heterocycles. The van der Waals surface area contributed by atoms with Gasteiger partial charge >= 0.3 is 24.4 Å². The Kier molecular flexibility index (Phi) is 19.7. The highest BCUT2D eigenvalue weighted by molar-refractivity contribution is 5.69. The zero-order valence-corrected chi connectivity index (χ0v) is 39.2. The number of aliphatic hydroxyl groups excluding tert-OH is 7. The van der Waals surface area contributed by atoms with Crippen LogP contribution in [0.3, 0.4) is 0 Å². The quantitative estimate of drug-likeness (QED) is 0.0607. The lowest BCUT2D eigenvalue weighted by Crippen LogP contribution is -2.70. The van der Waals surface area contributed by atoms with Crippen LogP contribution in [0.1, 0.15) is 28.7 Å². The Bertz CT molecular complexity index is 2350. The third-order valence-electron chi connectivity index (χ3n) is 12.3. The lowest BCUT2D eigenvalue weighted by molar-refractivity contribution is -0.334. The minimum atomic E-state index is -2.05. The molecule has 0 radical (unpaired) electrons. The van der Waals surface area contributed by atoms with Gasteiger partial charge in [-0.2, -0.15) is 0 Å². The monoisotopic (exact) mass is 1020 g/mol. The summed E-state index contributed by atoms with van der Waals surface area (Å²) in [6.45, 7) is -2.02. The van der Waals surface area contributed by atoms with E-state index in [9.17, 15) is 54.9 Å². The zero-order chi connectivity index (χ0) is 51.9. The second-order valence-electron chi connectivity index (χ2n) is 17.4. The largest absolute Gasteiger partial charge is 0.445 e. The lowest BCUT2D eigenvalue weighted by Gasteiger charge is -2.49. The third kappa shape index (κ3) is 15.1. The van der Waals surface area contributed by atoms with E-state index in [1.807, 2.05) is 0 Å². The summed E-state index contributed by atoms with van der Waals surface area (Å²) >= 11 is 0. The smallest absolute Gasteiger partial charge is 0.407 e. The van der Waals surface area contributed by atoms with Gasteiger partial charge in [0.05, 0.1) is 24.7 Å². The van der Waals surface area contributed by atoms with Crippen molar-refractivity contribution in [2.75, 3.05) is 13.2 Å². The second-order valence-corrected chi connectivity index (χ2v) is 17.4. The maximum Gasteiger partial charge on any atom is 0.407 e. The van der Waals surface area contributed by atoms with Crippen molar-refractivity contribution in [3.8, 4) is 0 Å². The molecule has 23 heteroatoms. The minimum absolute atomic E-state index is 0.0952. The molecule has 1 saturated carbocycles. The fourth-order valence-corrected chi connectivity index (χ4v) is 8.41. The average Bonchev–Trinajstić information content (AvgIpc) is 3.41. The minimum Gasteiger partial charge on any atom is -0.445 e. The normalized spacial score (nSPS) is 29.9. The molecule has 15 atom stereocenters. The number of nitrogens with one attached hydrogen (secondary N) is 4. The van der Waals surface area contributed by atoms with E-state index >= 15 is 0 Å². The maximum absolute atomic E-state index is 13.6. The molecule has 4 aromatic rings. The summed E-state index contributed by atoms with van der Waals surface area (Å²) in [4.78, 5) is 52.8. The lowest BCUT2D eigenvalue weighted by atomic mass is 9.83. The molecule has 3 aliphatic rings. The summed E-state index contributed by atoms with van der Waals surface area (Å²) in [5.74, 6) is 0. The molecule has 7 rings (SSSR count). The molecule has 0 bridgehead atoms. The van der Waals surface area contributed by atoms with Gasteiger partial charge in [-0.1, -0.05) is 121 Å². The number of hydrogen-bond acceptors (Lipinski definition) is 19. The number of carbonyl (C=O) groups is 4. The number of alkyl carbamates (subject to hydrolysis) is 4. The zero-order valence-electron chi connectivity index (χ0n) is 39.2. The van der Waals surface area contributed by atoms with E-state index in [-0.39, 0.29) is 26.4 Å². The molecule has 4 amide bonds. The van der Waals surface area contributed by atoms with E-state index in [4.69, 9.17) is 37.9 Å². The van der Waals surface area contributed by atoms with E-state index in [0.717, 1.165) is 0 Å². The van der Waals surface area contributed by atoms with E-state index in [2.05, 4.69) is 21.3 Å². The van der Waals surface area contributed by atoms with Gasteiger partial charge in [0.25, 0.3) is 0 Å². The first-order valence-electron chi connectivity index (χ1n) is 23.4. The highest BCUT2D eigenvalue weighted by Crippen LogP contribution is 2.33. The van der Waals surface area contributed by atoms with Crippen molar-refractivity contribution in [3.63, 3.8) is 0 Å². The first-order valence-corrected chi connectivity index (χ1v) is 23.4. The summed E-state index contributed by atoms with van der Waals surface area (Å²) in [7, 11) is 0. The molecule has 0 unspecified atom stereocenters. The number of rotatable bonds is 18. The molecule has 394 valence electrons. The standard InChI is InChI=1S/C50H60N4O19/c55-23-35-37(56)36(54-50(65)69-27-31-19-11-4-12-20-31)39(58)45(71-35)72-43-32(52-48(63)67-25-29-15-7-2-8-16-29)21-33(53-49(64)68-26-30-17-9-3-10-18-30)44(42(43)61)73-46-41(60)40(59)38(57)34(70-46)22-51-47(62)66-24-28-13-5-1-6-14-28/h1-20,32-46,55-61H,21-27H2,(H,51,62)(H,52,63)(H,53,64)(H,54,65)/t32-,33+,34-,35-,36+,37-,38-,39-,40+,41-,42-,43+,44-,45-,46-/m1/s1. The first-order chi connectivity index (χ1) is 35.3. The van der Waals surface area contributed by atoms with Crippen LogP contribution in [0, 0.1) is 0 Å². The van der Waals surface area contributed by atoms with Crippen molar-refractivity contribution in [1.29, 1.82) is 0 Å². The predicted molar refractivity (Wildman–Crippen MR) is 250 cm³/mol. The number of aliphatic hydroxyl groups is 7. The highest BCUT2D eigenvalue weighted by atomic mass is 16.7. The summed E-state index contributed by atoms with van der Waals surface area (Å²) in [5.41, 5.74) is 2.55. The summed E-state index contributed by atoms with van der Waals surface area (Å²) in [6, 6.07) is 30.3. The Morgan fingerprint density at radius 3 is 1.26 bits per heavy atom. The molecule has 4 aromatic carbocycles. The molecule has 1 aliphatic carbocycles. The molecule has 0 aromatic heterocycles. The summed E-state index contributed by atoms with van der Waals surface area (Å²) in [6.07, 6.45) is -26.3. The SMILES string of the molecule is O=C(NC[C@H]1O[C@H](O[C@H]2[C@H](O)[C@@H](O[C@H]3O[C@H](CO)[C@@H](O)[C@H](NC(=O)OCc4ccccc4)[C@H]3O)[C@H](NC(=O)OCc3ccccc3)C[C@@H]2NC(=O)OCc2ccccc2)[C@H](O)[C@@H](O)[C@@H]1O)OCc1ccccc1. The van der Waals surface area contributed by atoms with E-state index in [0.29, 0.717) is 22.3 Å². The molecule has 23 nitrogen and oxygen atoms in total. The van der Waals surface area contributed by atoms with Crippen LogP contribution >= 0.6 is 0 Å². The molecule has 2 aliphatic heterocycles. The number of amides is 4. The van der Waals surface area contributed by atoms with Gasteiger partial charge in [0.15, 0.2) is 12.6 Å². The second kappa shape index (κ2) is 26.5. The molecule has 0 spiro atoms. The summed E-state index contributed by atoms with van der Waals surface area (Å²) < 4.78 is 45.7. The van der Waals surface area contributed by atoms with Gasteiger partial charge in [0, 0.05) is 6.54 Å². The van der Waals surface area contributed by atoms with Crippen LogP contribution in [-0.4, -0.2) is 165 Å². The van der Waals surface area contributed by atoms with E-state index in [1.54, 1.807) is 121 Å². The van der Waals surface area contributed by atoms with Crippen LogP contribution in [0.5, 0.6) is 0 Å².